The number of aliphatic hydroxyl groups excluding tert-OH is 1. The summed E-state index contributed by atoms with van der Waals surface area (Å²) < 4.78 is 13.9. The van der Waals surface area contributed by atoms with Crippen molar-refractivity contribution in [1.29, 1.82) is 0 Å². The Hall–Kier alpha value is -3.07. The topological polar surface area (TPSA) is 95.7 Å². The molecule has 4 heterocycles. The van der Waals surface area contributed by atoms with E-state index in [-0.39, 0.29) is 11.9 Å². The highest BCUT2D eigenvalue weighted by molar-refractivity contribution is 5.52. The van der Waals surface area contributed by atoms with Crippen LogP contribution in [0.15, 0.2) is 36.8 Å². The molecule has 1 aliphatic carbocycles. The molecular weight excluding hydrogens is 423 g/mol. The Labute approximate surface area is 193 Å². The minimum absolute atomic E-state index is 0.135. The maximum absolute atomic E-state index is 12.0. The number of nitrogens with zero attached hydrogens (tertiary/aromatic N) is 5. The highest BCUT2D eigenvalue weighted by Gasteiger charge is 2.18. The zero-order valence-electron chi connectivity index (χ0n) is 19.3. The second kappa shape index (κ2) is 12.2. The number of anilines is 1. The summed E-state index contributed by atoms with van der Waals surface area (Å²) in [5.41, 5.74) is 2.95. The van der Waals surface area contributed by atoms with Crippen LogP contribution in [0.1, 0.15) is 49.8 Å². The summed E-state index contributed by atoms with van der Waals surface area (Å²) in [5, 5.41) is 16.0. The number of hydrogen-bond acceptors (Lipinski definition) is 6. The molecule has 0 unspecified atom stereocenters. The minimum Gasteiger partial charge on any atom is -0.393 e. The van der Waals surface area contributed by atoms with E-state index in [9.17, 15) is 9.18 Å². The number of fused-ring (bicyclic) bond motifs is 1. The van der Waals surface area contributed by atoms with Gasteiger partial charge in [0, 0.05) is 36.6 Å². The van der Waals surface area contributed by atoms with Crippen LogP contribution in [0.5, 0.6) is 0 Å². The average Bonchev–Trinajstić information content (AvgIpc) is 3.49. The van der Waals surface area contributed by atoms with Crippen molar-refractivity contribution in [2.75, 3.05) is 18.0 Å². The molecule has 2 N–H and O–H groups in total. The quantitative estimate of drug-likeness (QED) is 0.588. The molecule has 0 bridgehead atoms. The van der Waals surface area contributed by atoms with Gasteiger partial charge in [0.25, 0.3) is 0 Å². The lowest BCUT2D eigenvalue weighted by Crippen LogP contribution is -2.33. The van der Waals surface area contributed by atoms with Gasteiger partial charge in [0.1, 0.15) is 11.6 Å². The Bertz CT molecular complexity index is 975. The number of rotatable bonds is 3. The fourth-order valence-electron chi connectivity index (χ4n) is 3.88. The summed E-state index contributed by atoms with van der Waals surface area (Å²) >= 11 is 0. The van der Waals surface area contributed by atoms with Crippen LogP contribution in [0.4, 0.5) is 10.2 Å². The van der Waals surface area contributed by atoms with Gasteiger partial charge in [-0.2, -0.15) is 5.10 Å². The van der Waals surface area contributed by atoms with Gasteiger partial charge in [-0.05, 0) is 70.6 Å². The van der Waals surface area contributed by atoms with E-state index in [0.29, 0.717) is 6.04 Å². The summed E-state index contributed by atoms with van der Waals surface area (Å²) in [6, 6.07) is 5.38. The van der Waals surface area contributed by atoms with Gasteiger partial charge in [0.05, 0.1) is 18.5 Å². The molecule has 178 valence electrons. The van der Waals surface area contributed by atoms with Gasteiger partial charge in [0.2, 0.25) is 6.41 Å². The minimum atomic E-state index is -0.282. The van der Waals surface area contributed by atoms with Crippen LogP contribution in [-0.4, -0.2) is 56.3 Å². The van der Waals surface area contributed by atoms with E-state index >= 15 is 0 Å². The molecule has 3 aromatic rings. The molecule has 33 heavy (non-hydrogen) atoms. The highest BCUT2D eigenvalue weighted by atomic mass is 19.1. The largest absolute Gasteiger partial charge is 0.393 e. The number of halogens is 1. The summed E-state index contributed by atoms with van der Waals surface area (Å²) in [6.45, 7) is 6.13. The van der Waals surface area contributed by atoms with Crippen molar-refractivity contribution >= 4 is 17.9 Å². The van der Waals surface area contributed by atoms with E-state index in [2.05, 4.69) is 25.3 Å². The Morgan fingerprint density at radius 2 is 1.82 bits per heavy atom. The second-order valence-corrected chi connectivity index (χ2v) is 8.48. The van der Waals surface area contributed by atoms with E-state index < -0.39 is 0 Å². The van der Waals surface area contributed by atoms with Gasteiger partial charge in [-0.1, -0.05) is 0 Å². The maximum Gasteiger partial charge on any atom is 0.207 e. The fourth-order valence-corrected chi connectivity index (χ4v) is 3.88. The molecule has 1 amide bonds. The average molecular weight is 457 g/mol. The molecule has 1 saturated carbocycles. The molecule has 5 rings (SSSR count). The van der Waals surface area contributed by atoms with Gasteiger partial charge in [-0.3, -0.25) is 9.78 Å². The molecule has 0 radical (unpaired) electrons. The third kappa shape index (κ3) is 7.49. The highest BCUT2D eigenvalue weighted by Crippen LogP contribution is 2.19. The summed E-state index contributed by atoms with van der Waals surface area (Å²) in [7, 11) is 0. The van der Waals surface area contributed by atoms with Crippen molar-refractivity contribution in [1.82, 2.24) is 24.9 Å². The first kappa shape index (κ1) is 24.6. The smallest absolute Gasteiger partial charge is 0.207 e. The molecule has 2 fully saturated rings. The SMILES string of the molecule is Cc1ccc(F)cn1.Cc1cnn2ccc(N3CCCC3)nc12.O=CNC1CCC(O)CC1. The van der Waals surface area contributed by atoms with E-state index in [1.54, 1.807) is 6.07 Å². The third-order valence-electron chi connectivity index (χ3n) is 5.84. The van der Waals surface area contributed by atoms with Crippen molar-refractivity contribution in [2.45, 2.75) is 64.5 Å². The van der Waals surface area contributed by atoms with Crippen molar-refractivity contribution in [3.63, 3.8) is 0 Å². The number of aryl methyl sites for hydroxylation is 2. The van der Waals surface area contributed by atoms with Crippen LogP contribution in [0.3, 0.4) is 0 Å². The van der Waals surface area contributed by atoms with Gasteiger partial charge in [-0.15, -0.1) is 0 Å². The lowest BCUT2D eigenvalue weighted by Gasteiger charge is -2.24. The number of aliphatic hydroxyl groups is 1. The summed E-state index contributed by atoms with van der Waals surface area (Å²) in [5.74, 6) is 0.805. The molecule has 1 saturated heterocycles. The van der Waals surface area contributed by atoms with Crippen molar-refractivity contribution < 1.29 is 14.3 Å². The fraction of sp³-hybridized carbons (Fsp3) is 0.500. The number of nitrogens with one attached hydrogen (secondary N) is 1. The van der Waals surface area contributed by atoms with Gasteiger partial charge in [0.15, 0.2) is 5.65 Å². The Kier molecular flexibility index (Phi) is 9.12. The van der Waals surface area contributed by atoms with Gasteiger partial charge < -0.3 is 15.3 Å². The molecule has 9 heteroatoms. The van der Waals surface area contributed by atoms with Crippen LogP contribution < -0.4 is 10.2 Å². The van der Waals surface area contributed by atoms with Crippen molar-refractivity contribution in [3.05, 3.63) is 53.9 Å². The van der Waals surface area contributed by atoms with Gasteiger partial charge in [-0.25, -0.2) is 13.9 Å². The molecule has 3 aromatic heterocycles. The molecule has 1 aliphatic heterocycles. The lowest BCUT2D eigenvalue weighted by molar-refractivity contribution is -0.110. The third-order valence-corrected chi connectivity index (χ3v) is 5.84. The van der Waals surface area contributed by atoms with E-state index in [0.717, 1.165) is 67.9 Å². The van der Waals surface area contributed by atoms with Crippen molar-refractivity contribution in [2.24, 2.45) is 0 Å². The Morgan fingerprint density at radius 3 is 2.42 bits per heavy atom. The monoisotopic (exact) mass is 456 g/mol. The number of hydrogen-bond donors (Lipinski definition) is 2. The zero-order chi connectivity index (χ0) is 23.6. The maximum atomic E-state index is 12.0. The second-order valence-electron chi connectivity index (χ2n) is 8.48. The Morgan fingerprint density at radius 1 is 1.09 bits per heavy atom. The summed E-state index contributed by atoms with van der Waals surface area (Å²) in [6.07, 6.45) is 11.7. The van der Waals surface area contributed by atoms with Crippen LogP contribution in [0.2, 0.25) is 0 Å². The Balaban J connectivity index is 0.000000149. The first-order valence-corrected chi connectivity index (χ1v) is 11.5. The normalized spacial score (nSPS) is 19.8. The van der Waals surface area contributed by atoms with Crippen LogP contribution in [0, 0.1) is 19.7 Å². The first-order valence-electron chi connectivity index (χ1n) is 11.5. The molecule has 8 nitrogen and oxygen atoms in total. The summed E-state index contributed by atoms with van der Waals surface area (Å²) in [4.78, 5) is 20.7. The zero-order valence-corrected chi connectivity index (χ0v) is 19.3. The first-order chi connectivity index (χ1) is 16.0. The van der Waals surface area contributed by atoms with Gasteiger partial charge >= 0.3 is 0 Å². The molecule has 0 atom stereocenters. The van der Waals surface area contributed by atoms with E-state index in [1.165, 1.54) is 25.1 Å². The standard InChI is InChI=1S/C11H14N4.C7H13NO2.C6H6FN/c1-9-8-12-15-7-4-10(13-11(9)15)14-5-2-3-6-14;9-5-8-6-1-3-7(10)4-2-6;1-5-2-3-6(7)4-8-5/h4,7-8H,2-3,5-6H2,1H3;5-7,10H,1-4H2,(H,8,9);2-4H,1H3. The molecule has 2 aliphatic rings. The van der Waals surface area contributed by atoms with Crippen LogP contribution >= 0.6 is 0 Å². The predicted molar refractivity (Wildman–Crippen MR) is 126 cm³/mol. The number of carbonyl (C=O) groups excluding carboxylic acids is 1. The van der Waals surface area contributed by atoms with Crippen LogP contribution in [0.25, 0.3) is 5.65 Å². The van der Waals surface area contributed by atoms with Crippen molar-refractivity contribution in [3.8, 4) is 0 Å². The predicted octanol–water partition coefficient (Wildman–Crippen LogP) is 3.20. The molecule has 0 aromatic carbocycles. The number of pyridine rings is 1. The number of aromatic nitrogens is 4. The number of amides is 1. The van der Waals surface area contributed by atoms with Crippen LogP contribution in [-0.2, 0) is 4.79 Å². The number of carbonyl (C=O) groups is 1. The molecule has 0 spiro atoms. The van der Waals surface area contributed by atoms with E-state index in [4.69, 9.17) is 5.11 Å². The molecular formula is C24H33FN6O2. The van der Waals surface area contributed by atoms with E-state index in [1.807, 2.05) is 36.8 Å². The lowest BCUT2D eigenvalue weighted by atomic mass is 9.93.